The van der Waals surface area contributed by atoms with Crippen LogP contribution >= 0.6 is 0 Å². The van der Waals surface area contributed by atoms with Crippen LogP contribution in [0.25, 0.3) is 6.08 Å². The number of rotatable bonds is 6. The van der Waals surface area contributed by atoms with Crippen molar-refractivity contribution >= 4 is 22.0 Å². The lowest BCUT2D eigenvalue weighted by Crippen LogP contribution is -2.50. The van der Waals surface area contributed by atoms with Crippen LogP contribution in [0.15, 0.2) is 59.5 Å². The summed E-state index contributed by atoms with van der Waals surface area (Å²) in [4.78, 5) is 14.4. The summed E-state index contributed by atoms with van der Waals surface area (Å²) in [6.45, 7) is 5.46. The van der Waals surface area contributed by atoms with E-state index in [-0.39, 0.29) is 19.0 Å². The highest BCUT2D eigenvalue weighted by molar-refractivity contribution is 7.89. The first-order chi connectivity index (χ1) is 14.3. The van der Waals surface area contributed by atoms with Crippen molar-refractivity contribution in [2.45, 2.75) is 24.7 Å². The van der Waals surface area contributed by atoms with Gasteiger partial charge in [0.25, 0.3) is 0 Å². The second kappa shape index (κ2) is 9.45. The van der Waals surface area contributed by atoms with Gasteiger partial charge < -0.3 is 9.64 Å². The summed E-state index contributed by atoms with van der Waals surface area (Å²) >= 11 is 0. The van der Waals surface area contributed by atoms with Crippen molar-refractivity contribution in [2.75, 3.05) is 33.3 Å². The van der Waals surface area contributed by atoms with Gasteiger partial charge in [-0.3, -0.25) is 4.79 Å². The van der Waals surface area contributed by atoms with Crippen LogP contribution in [0.1, 0.15) is 30.9 Å². The zero-order chi connectivity index (χ0) is 21.7. The Balaban J connectivity index is 1.59. The van der Waals surface area contributed by atoms with Crippen LogP contribution in [0, 0.1) is 0 Å². The third-order valence-corrected chi connectivity index (χ3v) is 7.18. The van der Waals surface area contributed by atoms with Crippen LogP contribution in [-0.2, 0) is 14.8 Å². The standard InChI is InChI=1S/C23H28N2O4S/c1-18(2)20-7-11-22(12-8-20)30(27,28)25-16-14-24(15-17-25)23(26)13-6-19-4-9-21(29-3)10-5-19/h4-13,18H,14-17H2,1-3H3. The molecule has 1 saturated heterocycles. The van der Waals surface area contributed by atoms with Gasteiger partial charge in [-0.15, -0.1) is 0 Å². The maximum Gasteiger partial charge on any atom is 0.246 e. The highest BCUT2D eigenvalue weighted by Gasteiger charge is 2.29. The number of carbonyl (C=O) groups is 1. The Morgan fingerprint density at radius 3 is 2.10 bits per heavy atom. The minimum absolute atomic E-state index is 0.121. The fourth-order valence-corrected chi connectivity index (χ4v) is 4.73. The Morgan fingerprint density at radius 2 is 1.57 bits per heavy atom. The van der Waals surface area contributed by atoms with Gasteiger partial charge in [0.2, 0.25) is 15.9 Å². The monoisotopic (exact) mass is 428 g/mol. The molecule has 0 N–H and O–H groups in total. The molecule has 160 valence electrons. The van der Waals surface area contributed by atoms with Gasteiger partial charge in [0, 0.05) is 32.3 Å². The van der Waals surface area contributed by atoms with Crippen LogP contribution in [0.2, 0.25) is 0 Å². The number of sulfonamides is 1. The Morgan fingerprint density at radius 1 is 0.967 bits per heavy atom. The molecule has 0 unspecified atom stereocenters. The molecule has 0 bridgehead atoms. The molecule has 0 aliphatic carbocycles. The third kappa shape index (κ3) is 5.09. The fraction of sp³-hybridized carbons (Fsp3) is 0.348. The second-order valence-electron chi connectivity index (χ2n) is 7.56. The van der Waals surface area contributed by atoms with Gasteiger partial charge in [-0.1, -0.05) is 38.1 Å². The predicted molar refractivity (Wildman–Crippen MR) is 118 cm³/mol. The molecule has 2 aromatic carbocycles. The lowest BCUT2D eigenvalue weighted by Gasteiger charge is -2.33. The molecule has 1 heterocycles. The molecule has 0 saturated carbocycles. The van der Waals surface area contributed by atoms with Crippen molar-refractivity contribution in [3.63, 3.8) is 0 Å². The molecule has 2 aromatic rings. The van der Waals surface area contributed by atoms with Crippen LogP contribution in [0.3, 0.4) is 0 Å². The zero-order valence-electron chi connectivity index (χ0n) is 17.6. The van der Waals surface area contributed by atoms with Crippen molar-refractivity contribution < 1.29 is 17.9 Å². The quantitative estimate of drug-likeness (QED) is 0.662. The van der Waals surface area contributed by atoms with E-state index in [9.17, 15) is 13.2 Å². The lowest BCUT2D eigenvalue weighted by molar-refractivity contribution is -0.127. The minimum Gasteiger partial charge on any atom is -0.497 e. The second-order valence-corrected chi connectivity index (χ2v) is 9.50. The minimum atomic E-state index is -3.55. The number of carbonyl (C=O) groups excluding carboxylic acids is 1. The summed E-state index contributed by atoms with van der Waals surface area (Å²) in [5.74, 6) is 0.987. The summed E-state index contributed by atoms with van der Waals surface area (Å²) in [5.41, 5.74) is 2.00. The van der Waals surface area contributed by atoms with Crippen LogP contribution in [-0.4, -0.2) is 56.8 Å². The van der Waals surface area contributed by atoms with Gasteiger partial charge >= 0.3 is 0 Å². The normalized spacial score (nSPS) is 15.7. The molecule has 0 atom stereocenters. The van der Waals surface area contributed by atoms with Crippen molar-refractivity contribution in [1.29, 1.82) is 0 Å². The summed E-state index contributed by atoms with van der Waals surface area (Å²) < 4.78 is 32.4. The molecular formula is C23H28N2O4S. The van der Waals surface area contributed by atoms with Gasteiger partial charge in [-0.2, -0.15) is 4.31 Å². The van der Waals surface area contributed by atoms with Gasteiger partial charge in [-0.25, -0.2) is 8.42 Å². The maximum atomic E-state index is 12.9. The Bertz CT molecular complexity index is 989. The number of nitrogens with zero attached hydrogens (tertiary/aromatic N) is 2. The molecule has 30 heavy (non-hydrogen) atoms. The Hall–Kier alpha value is -2.64. The zero-order valence-corrected chi connectivity index (χ0v) is 18.4. The number of methoxy groups -OCH3 is 1. The molecule has 6 nitrogen and oxygen atoms in total. The number of hydrogen-bond donors (Lipinski definition) is 0. The number of benzene rings is 2. The van der Waals surface area contributed by atoms with E-state index in [2.05, 4.69) is 13.8 Å². The van der Waals surface area contributed by atoms with E-state index in [0.29, 0.717) is 23.9 Å². The van der Waals surface area contributed by atoms with Crippen LogP contribution in [0.5, 0.6) is 5.75 Å². The molecule has 7 heteroatoms. The summed E-state index contributed by atoms with van der Waals surface area (Å²) in [7, 11) is -1.94. The van der Waals surface area contributed by atoms with E-state index < -0.39 is 10.0 Å². The summed E-state index contributed by atoms with van der Waals surface area (Å²) in [5, 5.41) is 0. The summed E-state index contributed by atoms with van der Waals surface area (Å²) in [6, 6.07) is 14.5. The van der Waals surface area contributed by atoms with Gasteiger partial charge in [0.15, 0.2) is 0 Å². The number of amides is 1. The van der Waals surface area contributed by atoms with Gasteiger partial charge in [0.1, 0.15) is 5.75 Å². The van der Waals surface area contributed by atoms with Crippen LogP contribution in [0.4, 0.5) is 0 Å². The molecule has 1 aliphatic heterocycles. The smallest absolute Gasteiger partial charge is 0.246 e. The Kier molecular flexibility index (Phi) is 6.95. The van der Waals surface area contributed by atoms with E-state index in [0.717, 1.165) is 16.9 Å². The van der Waals surface area contributed by atoms with Crippen molar-refractivity contribution in [3.8, 4) is 5.75 Å². The molecule has 1 fully saturated rings. The summed E-state index contributed by atoms with van der Waals surface area (Å²) in [6.07, 6.45) is 3.28. The number of hydrogen-bond acceptors (Lipinski definition) is 4. The average molecular weight is 429 g/mol. The SMILES string of the molecule is COc1ccc(C=CC(=O)N2CCN(S(=O)(=O)c3ccc(C(C)C)cc3)CC2)cc1. The van der Waals surface area contributed by atoms with E-state index in [1.807, 2.05) is 36.4 Å². The first kappa shape index (κ1) is 22.1. The first-order valence-corrected chi connectivity index (χ1v) is 11.5. The molecule has 1 amide bonds. The largest absolute Gasteiger partial charge is 0.497 e. The molecule has 0 aromatic heterocycles. The van der Waals surface area contributed by atoms with E-state index in [1.54, 1.807) is 30.2 Å². The highest BCUT2D eigenvalue weighted by atomic mass is 32.2. The topological polar surface area (TPSA) is 66.9 Å². The van der Waals surface area contributed by atoms with Crippen molar-refractivity contribution in [2.24, 2.45) is 0 Å². The number of piperazine rings is 1. The van der Waals surface area contributed by atoms with Gasteiger partial charge in [0.05, 0.1) is 12.0 Å². The molecular weight excluding hydrogens is 400 g/mol. The molecule has 0 radical (unpaired) electrons. The van der Waals surface area contributed by atoms with E-state index >= 15 is 0 Å². The van der Waals surface area contributed by atoms with E-state index in [4.69, 9.17) is 4.74 Å². The van der Waals surface area contributed by atoms with Crippen molar-refractivity contribution in [1.82, 2.24) is 9.21 Å². The number of ether oxygens (including phenoxy) is 1. The predicted octanol–water partition coefficient (Wildman–Crippen LogP) is 3.36. The molecule has 1 aliphatic rings. The molecule has 3 rings (SSSR count). The first-order valence-electron chi connectivity index (χ1n) is 10.0. The van der Waals surface area contributed by atoms with Crippen LogP contribution < -0.4 is 4.74 Å². The lowest BCUT2D eigenvalue weighted by atomic mass is 10.0. The van der Waals surface area contributed by atoms with Crippen molar-refractivity contribution in [3.05, 3.63) is 65.7 Å². The molecule has 0 spiro atoms. The van der Waals surface area contributed by atoms with E-state index in [1.165, 1.54) is 10.4 Å². The highest BCUT2D eigenvalue weighted by Crippen LogP contribution is 2.21. The maximum absolute atomic E-state index is 12.9. The third-order valence-electron chi connectivity index (χ3n) is 5.27. The Labute approximate surface area is 178 Å². The average Bonchev–Trinajstić information content (AvgIpc) is 2.78. The fourth-order valence-electron chi connectivity index (χ4n) is 3.31. The van der Waals surface area contributed by atoms with Gasteiger partial charge in [-0.05, 0) is 47.4 Å².